The predicted molar refractivity (Wildman–Crippen MR) is 67.8 cm³/mol. The van der Waals surface area contributed by atoms with Crippen molar-refractivity contribution in [1.82, 2.24) is 15.1 Å². The van der Waals surface area contributed by atoms with Gasteiger partial charge in [0.05, 0.1) is 11.6 Å². The highest BCUT2D eigenvalue weighted by molar-refractivity contribution is 5.84. The number of nitrogens with one attached hydrogen (secondary N) is 1. The molecular formula is C12H19F3N4O. The zero-order valence-electron chi connectivity index (χ0n) is 11.7. The summed E-state index contributed by atoms with van der Waals surface area (Å²) in [5.41, 5.74) is 3.41. The molecule has 0 bridgehead atoms. The van der Waals surface area contributed by atoms with Crippen molar-refractivity contribution in [2.45, 2.75) is 44.9 Å². The number of hydrogen-bond acceptors (Lipinski definition) is 3. The van der Waals surface area contributed by atoms with Gasteiger partial charge in [-0.05, 0) is 32.9 Å². The Balaban J connectivity index is 2.87. The van der Waals surface area contributed by atoms with Crippen LogP contribution in [0.15, 0.2) is 12.3 Å². The lowest BCUT2D eigenvalue weighted by molar-refractivity contribution is -0.141. The largest absolute Gasteiger partial charge is 0.435 e. The summed E-state index contributed by atoms with van der Waals surface area (Å²) in [4.78, 5) is 11.5. The molecule has 20 heavy (non-hydrogen) atoms. The fraction of sp³-hybridized carbons (Fsp3) is 0.667. The van der Waals surface area contributed by atoms with Crippen molar-refractivity contribution in [3.05, 3.63) is 18.0 Å². The molecule has 0 fully saturated rings. The van der Waals surface area contributed by atoms with Gasteiger partial charge in [-0.3, -0.25) is 9.48 Å². The number of carbonyl (C=O) groups excluding carboxylic acids is 1. The van der Waals surface area contributed by atoms with Gasteiger partial charge in [0.25, 0.3) is 0 Å². The van der Waals surface area contributed by atoms with Crippen molar-refractivity contribution >= 4 is 5.91 Å². The van der Waals surface area contributed by atoms with Crippen molar-refractivity contribution in [3.8, 4) is 0 Å². The number of amides is 1. The maximum absolute atomic E-state index is 12.5. The molecule has 5 nitrogen and oxygen atoms in total. The summed E-state index contributed by atoms with van der Waals surface area (Å²) in [6.07, 6.45) is -2.98. The molecule has 0 aliphatic heterocycles. The number of alkyl halides is 3. The van der Waals surface area contributed by atoms with Crippen molar-refractivity contribution in [3.63, 3.8) is 0 Å². The zero-order valence-corrected chi connectivity index (χ0v) is 11.7. The van der Waals surface area contributed by atoms with E-state index in [0.29, 0.717) is 6.54 Å². The van der Waals surface area contributed by atoms with E-state index in [4.69, 9.17) is 5.73 Å². The number of primary amides is 1. The molecule has 1 heterocycles. The molecule has 0 aliphatic carbocycles. The third kappa shape index (κ3) is 3.72. The summed E-state index contributed by atoms with van der Waals surface area (Å²) in [5, 5.41) is 6.46. The van der Waals surface area contributed by atoms with Gasteiger partial charge in [-0.15, -0.1) is 0 Å². The van der Waals surface area contributed by atoms with Crippen LogP contribution in [0.1, 0.15) is 38.9 Å². The van der Waals surface area contributed by atoms with Gasteiger partial charge in [-0.25, -0.2) is 0 Å². The topological polar surface area (TPSA) is 72.9 Å². The number of halogens is 3. The minimum absolute atomic E-state index is 0.245. The smallest absolute Gasteiger partial charge is 0.368 e. The summed E-state index contributed by atoms with van der Waals surface area (Å²) in [6.45, 7) is 5.66. The Bertz CT molecular complexity index is 472. The first-order valence-corrected chi connectivity index (χ1v) is 6.27. The Morgan fingerprint density at radius 2 is 2.15 bits per heavy atom. The monoisotopic (exact) mass is 292 g/mol. The van der Waals surface area contributed by atoms with Crippen LogP contribution in [0.3, 0.4) is 0 Å². The van der Waals surface area contributed by atoms with Crippen LogP contribution in [0.5, 0.6) is 0 Å². The Morgan fingerprint density at radius 3 is 2.55 bits per heavy atom. The van der Waals surface area contributed by atoms with E-state index in [2.05, 4.69) is 10.4 Å². The Morgan fingerprint density at radius 1 is 1.55 bits per heavy atom. The lowest BCUT2D eigenvalue weighted by Gasteiger charge is -2.30. The molecule has 1 amide bonds. The number of likely N-dealkylation sites (N-methyl/N-ethyl adjacent to an activating group) is 1. The van der Waals surface area contributed by atoms with E-state index < -0.39 is 29.4 Å². The van der Waals surface area contributed by atoms with Gasteiger partial charge in [0.2, 0.25) is 5.91 Å². The maximum atomic E-state index is 12.5. The highest BCUT2D eigenvalue weighted by Crippen LogP contribution is 2.29. The van der Waals surface area contributed by atoms with E-state index >= 15 is 0 Å². The van der Waals surface area contributed by atoms with Crippen LogP contribution in [-0.4, -0.2) is 27.8 Å². The first kappa shape index (κ1) is 16.5. The van der Waals surface area contributed by atoms with Crippen LogP contribution >= 0.6 is 0 Å². The Hall–Kier alpha value is -1.57. The highest BCUT2D eigenvalue weighted by Gasteiger charge is 2.35. The summed E-state index contributed by atoms with van der Waals surface area (Å²) in [5.74, 6) is -0.547. The molecule has 1 aromatic rings. The van der Waals surface area contributed by atoms with Crippen molar-refractivity contribution < 1.29 is 18.0 Å². The number of carbonyl (C=O) groups is 1. The minimum Gasteiger partial charge on any atom is -0.368 e. The minimum atomic E-state index is -4.47. The molecule has 3 N–H and O–H groups in total. The van der Waals surface area contributed by atoms with Gasteiger partial charge in [-0.2, -0.15) is 18.3 Å². The molecule has 0 aliphatic rings. The third-order valence-electron chi connectivity index (χ3n) is 3.16. The molecule has 0 saturated heterocycles. The molecule has 2 unspecified atom stereocenters. The lowest BCUT2D eigenvalue weighted by Crippen LogP contribution is -2.54. The van der Waals surface area contributed by atoms with Gasteiger partial charge >= 0.3 is 6.18 Å². The number of nitrogens with zero attached hydrogens (tertiary/aromatic N) is 2. The SMILES string of the molecule is CCNC(C)(CC(C)n1ccc(C(F)(F)F)n1)C(N)=O. The lowest BCUT2D eigenvalue weighted by atomic mass is 9.93. The van der Waals surface area contributed by atoms with Gasteiger partial charge < -0.3 is 11.1 Å². The molecule has 8 heteroatoms. The molecule has 0 saturated carbocycles. The maximum Gasteiger partial charge on any atom is 0.435 e. The number of rotatable bonds is 6. The van der Waals surface area contributed by atoms with E-state index in [9.17, 15) is 18.0 Å². The molecule has 0 spiro atoms. The molecule has 1 rings (SSSR count). The summed E-state index contributed by atoms with van der Waals surface area (Å²) >= 11 is 0. The number of hydrogen-bond donors (Lipinski definition) is 2. The predicted octanol–water partition coefficient (Wildman–Crippen LogP) is 1.71. The Kier molecular flexibility index (Phi) is 4.80. The number of aromatic nitrogens is 2. The molecule has 1 aromatic heterocycles. The van der Waals surface area contributed by atoms with Gasteiger partial charge in [0, 0.05) is 6.20 Å². The van der Waals surface area contributed by atoms with Crippen molar-refractivity contribution in [1.29, 1.82) is 0 Å². The second kappa shape index (κ2) is 5.82. The van der Waals surface area contributed by atoms with Crippen LogP contribution in [-0.2, 0) is 11.0 Å². The van der Waals surface area contributed by atoms with Crippen LogP contribution in [0, 0.1) is 0 Å². The van der Waals surface area contributed by atoms with Gasteiger partial charge in [0.15, 0.2) is 5.69 Å². The molecule has 2 atom stereocenters. The second-order valence-electron chi connectivity index (χ2n) is 4.96. The average Bonchev–Trinajstić information content (AvgIpc) is 2.77. The fourth-order valence-corrected chi connectivity index (χ4v) is 2.07. The highest BCUT2D eigenvalue weighted by atomic mass is 19.4. The standard InChI is InChI=1S/C12H19F3N4O/c1-4-17-11(3,10(16)20)7-8(2)19-6-5-9(18-19)12(13,14)15/h5-6,8,17H,4,7H2,1-3H3,(H2,16,20). The molecule has 114 valence electrons. The molecule has 0 aromatic carbocycles. The van der Waals surface area contributed by atoms with Crippen molar-refractivity contribution in [2.24, 2.45) is 5.73 Å². The second-order valence-corrected chi connectivity index (χ2v) is 4.96. The van der Waals surface area contributed by atoms with Crippen LogP contribution in [0.4, 0.5) is 13.2 Å². The van der Waals surface area contributed by atoms with Crippen LogP contribution in [0.25, 0.3) is 0 Å². The zero-order chi connectivity index (χ0) is 15.6. The Labute approximate surface area is 115 Å². The fourth-order valence-electron chi connectivity index (χ4n) is 2.07. The third-order valence-corrected chi connectivity index (χ3v) is 3.16. The number of nitrogens with two attached hydrogens (primary N) is 1. The van der Waals surface area contributed by atoms with E-state index in [1.807, 2.05) is 6.92 Å². The quantitative estimate of drug-likeness (QED) is 0.838. The van der Waals surface area contributed by atoms with Crippen molar-refractivity contribution in [2.75, 3.05) is 6.54 Å². The average molecular weight is 292 g/mol. The summed E-state index contributed by atoms with van der Waals surface area (Å²) in [7, 11) is 0. The first-order chi connectivity index (χ1) is 9.10. The molecule has 0 radical (unpaired) electrons. The van der Waals surface area contributed by atoms with E-state index in [1.165, 1.54) is 10.9 Å². The summed E-state index contributed by atoms with van der Waals surface area (Å²) < 4.78 is 38.7. The molecular weight excluding hydrogens is 273 g/mol. The van der Waals surface area contributed by atoms with Gasteiger partial charge in [0.1, 0.15) is 0 Å². The summed E-state index contributed by atoms with van der Waals surface area (Å²) in [6, 6.07) is 0.508. The van der Waals surface area contributed by atoms with E-state index in [1.54, 1.807) is 13.8 Å². The van der Waals surface area contributed by atoms with Crippen LogP contribution in [0.2, 0.25) is 0 Å². The van der Waals surface area contributed by atoms with Gasteiger partial charge in [-0.1, -0.05) is 6.92 Å². The van der Waals surface area contributed by atoms with Crippen LogP contribution < -0.4 is 11.1 Å². The first-order valence-electron chi connectivity index (χ1n) is 6.27. The van der Waals surface area contributed by atoms with E-state index in [-0.39, 0.29) is 6.42 Å². The normalized spacial score (nSPS) is 16.7. The van der Waals surface area contributed by atoms with E-state index in [0.717, 1.165) is 6.07 Å².